The van der Waals surface area contributed by atoms with Crippen LogP contribution in [0.25, 0.3) is 0 Å². The van der Waals surface area contributed by atoms with Crippen LogP contribution in [-0.4, -0.2) is 12.0 Å². The maximum atomic E-state index is 5.70. The van der Waals surface area contributed by atoms with Gasteiger partial charge in [-0.2, -0.15) is 4.98 Å². The Labute approximate surface area is 120 Å². The smallest absolute Gasteiger partial charge is 0.399 e. The van der Waals surface area contributed by atoms with E-state index in [0.717, 1.165) is 17.0 Å². The Bertz CT molecular complexity index is 582. The third kappa shape index (κ3) is 3.39. The van der Waals surface area contributed by atoms with Crippen LogP contribution in [0.1, 0.15) is 37.6 Å². The van der Waals surface area contributed by atoms with Crippen molar-refractivity contribution in [2.45, 2.75) is 39.7 Å². The molecule has 0 aliphatic heterocycles. The Hall–Kier alpha value is -1.81. The number of aromatic nitrogens is 1. The lowest BCUT2D eigenvalue weighted by Gasteiger charge is -2.20. The van der Waals surface area contributed by atoms with E-state index >= 15 is 0 Å². The molecular formula is C16H22N2O2. The van der Waals surface area contributed by atoms with E-state index in [0.29, 0.717) is 6.54 Å². The van der Waals surface area contributed by atoms with Gasteiger partial charge in [0.1, 0.15) is 12.0 Å². The molecule has 2 rings (SSSR count). The van der Waals surface area contributed by atoms with E-state index in [9.17, 15) is 0 Å². The number of oxazole rings is 1. The zero-order valence-corrected chi connectivity index (χ0v) is 12.8. The number of nitrogens with one attached hydrogen (secondary N) is 1. The van der Waals surface area contributed by atoms with Gasteiger partial charge >= 0.3 is 6.08 Å². The molecule has 1 aromatic carbocycles. The minimum atomic E-state index is 0.131. The molecule has 2 aromatic rings. The summed E-state index contributed by atoms with van der Waals surface area (Å²) in [4.78, 5) is 4.26. The van der Waals surface area contributed by atoms with E-state index in [1.165, 1.54) is 5.56 Å². The summed E-state index contributed by atoms with van der Waals surface area (Å²) in [6.45, 7) is 9.28. The van der Waals surface area contributed by atoms with Crippen LogP contribution in [0.3, 0.4) is 0 Å². The van der Waals surface area contributed by atoms with Crippen LogP contribution < -0.4 is 10.1 Å². The Morgan fingerprint density at radius 3 is 2.65 bits per heavy atom. The van der Waals surface area contributed by atoms with Gasteiger partial charge in [0, 0.05) is 6.54 Å². The van der Waals surface area contributed by atoms with Crippen LogP contribution in [-0.2, 0) is 12.0 Å². The molecule has 1 aromatic heterocycles. The molecule has 20 heavy (non-hydrogen) atoms. The zero-order chi connectivity index (χ0) is 14.8. The Morgan fingerprint density at radius 2 is 2.05 bits per heavy atom. The molecule has 1 heterocycles. The molecule has 108 valence electrons. The van der Waals surface area contributed by atoms with E-state index in [1.807, 2.05) is 20.0 Å². The molecule has 0 atom stereocenters. The van der Waals surface area contributed by atoms with E-state index in [2.05, 4.69) is 43.2 Å². The van der Waals surface area contributed by atoms with Gasteiger partial charge < -0.3 is 14.5 Å². The van der Waals surface area contributed by atoms with Crippen molar-refractivity contribution in [2.75, 3.05) is 7.05 Å². The lowest BCUT2D eigenvalue weighted by molar-refractivity contribution is 0.329. The highest BCUT2D eigenvalue weighted by molar-refractivity contribution is 5.39. The predicted molar refractivity (Wildman–Crippen MR) is 79.2 cm³/mol. The molecule has 0 saturated carbocycles. The Morgan fingerprint density at radius 1 is 1.30 bits per heavy atom. The minimum Gasteiger partial charge on any atom is -0.417 e. The number of aryl methyl sites for hydroxylation is 1. The fourth-order valence-corrected chi connectivity index (χ4v) is 1.92. The SMILES string of the molecule is CNCc1coc(Oc2ccc(C(C)(C)C)cc2C)n1. The summed E-state index contributed by atoms with van der Waals surface area (Å²) in [7, 11) is 1.87. The Kier molecular flexibility index (Phi) is 4.14. The largest absolute Gasteiger partial charge is 0.417 e. The predicted octanol–water partition coefficient (Wildman–Crippen LogP) is 3.79. The first-order valence-corrected chi connectivity index (χ1v) is 6.78. The first-order valence-electron chi connectivity index (χ1n) is 6.78. The molecule has 0 aliphatic rings. The molecule has 1 N–H and O–H groups in total. The van der Waals surface area contributed by atoms with E-state index in [4.69, 9.17) is 9.15 Å². The van der Waals surface area contributed by atoms with Crippen molar-refractivity contribution in [1.29, 1.82) is 0 Å². The standard InChI is InChI=1S/C16H22N2O2/c1-11-8-12(16(2,3)4)6-7-14(11)20-15-18-13(9-17-5)10-19-15/h6-8,10,17H,9H2,1-5H3. The van der Waals surface area contributed by atoms with Crippen LogP contribution >= 0.6 is 0 Å². The highest BCUT2D eigenvalue weighted by Crippen LogP contribution is 2.30. The van der Waals surface area contributed by atoms with Crippen molar-refractivity contribution in [2.24, 2.45) is 0 Å². The third-order valence-electron chi connectivity index (χ3n) is 3.13. The second kappa shape index (κ2) is 5.67. The summed E-state index contributed by atoms with van der Waals surface area (Å²) in [6, 6.07) is 6.20. The first kappa shape index (κ1) is 14.6. The van der Waals surface area contributed by atoms with Crippen LogP contribution in [0.2, 0.25) is 0 Å². The second-order valence-corrected chi connectivity index (χ2v) is 5.97. The van der Waals surface area contributed by atoms with Crippen molar-refractivity contribution in [1.82, 2.24) is 10.3 Å². The number of benzene rings is 1. The average molecular weight is 274 g/mol. The van der Waals surface area contributed by atoms with Gasteiger partial charge in [0.05, 0.1) is 5.69 Å². The molecule has 4 heteroatoms. The molecule has 0 saturated heterocycles. The number of hydrogen-bond donors (Lipinski definition) is 1. The molecule has 0 spiro atoms. The van der Waals surface area contributed by atoms with Gasteiger partial charge in [0.2, 0.25) is 0 Å². The molecule has 0 radical (unpaired) electrons. The second-order valence-electron chi connectivity index (χ2n) is 5.97. The highest BCUT2D eigenvalue weighted by atomic mass is 16.6. The van der Waals surface area contributed by atoms with Crippen molar-refractivity contribution < 1.29 is 9.15 Å². The number of hydrogen-bond acceptors (Lipinski definition) is 4. The molecule has 4 nitrogen and oxygen atoms in total. The molecular weight excluding hydrogens is 252 g/mol. The van der Waals surface area contributed by atoms with Gasteiger partial charge in [-0.05, 0) is 36.6 Å². The highest BCUT2D eigenvalue weighted by Gasteiger charge is 2.15. The summed E-state index contributed by atoms with van der Waals surface area (Å²) in [6.07, 6.45) is 1.88. The van der Waals surface area contributed by atoms with E-state index in [-0.39, 0.29) is 11.5 Å². The van der Waals surface area contributed by atoms with Gasteiger partial charge in [-0.15, -0.1) is 0 Å². The fourth-order valence-electron chi connectivity index (χ4n) is 1.92. The summed E-state index contributed by atoms with van der Waals surface area (Å²) in [5.41, 5.74) is 3.31. The summed E-state index contributed by atoms with van der Waals surface area (Å²) < 4.78 is 11.0. The van der Waals surface area contributed by atoms with Gasteiger partial charge in [0.25, 0.3) is 0 Å². The summed E-state index contributed by atoms with van der Waals surface area (Å²) in [5.74, 6) is 0.774. The lowest BCUT2D eigenvalue weighted by atomic mass is 9.86. The van der Waals surface area contributed by atoms with E-state index in [1.54, 1.807) is 6.26 Å². The average Bonchev–Trinajstić information content (AvgIpc) is 2.78. The number of nitrogens with zero attached hydrogens (tertiary/aromatic N) is 1. The fraction of sp³-hybridized carbons (Fsp3) is 0.438. The molecule has 0 unspecified atom stereocenters. The van der Waals surface area contributed by atoms with Gasteiger partial charge in [-0.3, -0.25) is 0 Å². The van der Waals surface area contributed by atoms with Gasteiger partial charge in [0.15, 0.2) is 0 Å². The van der Waals surface area contributed by atoms with Crippen molar-refractivity contribution in [3.05, 3.63) is 41.3 Å². The number of rotatable bonds is 4. The molecule has 0 fully saturated rings. The van der Waals surface area contributed by atoms with E-state index < -0.39 is 0 Å². The maximum absolute atomic E-state index is 5.70. The molecule has 0 bridgehead atoms. The monoisotopic (exact) mass is 274 g/mol. The van der Waals surface area contributed by atoms with Crippen LogP contribution in [0.15, 0.2) is 28.9 Å². The summed E-state index contributed by atoms with van der Waals surface area (Å²) >= 11 is 0. The normalized spacial score (nSPS) is 11.7. The zero-order valence-electron chi connectivity index (χ0n) is 12.8. The topological polar surface area (TPSA) is 47.3 Å². The van der Waals surface area contributed by atoms with Crippen molar-refractivity contribution >= 4 is 0 Å². The van der Waals surface area contributed by atoms with Crippen LogP contribution in [0.5, 0.6) is 11.8 Å². The lowest BCUT2D eigenvalue weighted by Crippen LogP contribution is -2.11. The van der Waals surface area contributed by atoms with Crippen LogP contribution in [0.4, 0.5) is 0 Å². The Balaban J connectivity index is 2.17. The maximum Gasteiger partial charge on any atom is 0.399 e. The molecule has 0 amide bonds. The quantitative estimate of drug-likeness (QED) is 0.921. The van der Waals surface area contributed by atoms with Gasteiger partial charge in [-0.1, -0.05) is 32.9 Å². The number of ether oxygens (including phenoxy) is 1. The van der Waals surface area contributed by atoms with Gasteiger partial charge in [-0.25, -0.2) is 0 Å². The minimum absolute atomic E-state index is 0.131. The van der Waals surface area contributed by atoms with Crippen molar-refractivity contribution in [3.63, 3.8) is 0 Å². The first-order chi connectivity index (χ1) is 9.40. The van der Waals surface area contributed by atoms with Crippen LogP contribution in [0, 0.1) is 6.92 Å². The van der Waals surface area contributed by atoms with Crippen molar-refractivity contribution in [3.8, 4) is 11.8 Å². The summed E-state index contributed by atoms with van der Waals surface area (Å²) in [5, 5.41) is 3.02. The molecule has 0 aliphatic carbocycles. The third-order valence-corrected chi connectivity index (χ3v) is 3.13.